The molecule has 0 spiro atoms. The molecular weight excluding hydrogens is 394 g/mol. The van der Waals surface area contributed by atoms with Gasteiger partial charge < -0.3 is 14.6 Å². The molecule has 1 amide bonds. The number of nitrogens with zero attached hydrogens (tertiary/aromatic N) is 2. The maximum absolute atomic E-state index is 12.4. The van der Waals surface area contributed by atoms with Crippen molar-refractivity contribution in [1.29, 1.82) is 0 Å². The molecule has 0 radical (unpaired) electrons. The molecule has 2 aromatic carbocycles. The van der Waals surface area contributed by atoms with Crippen molar-refractivity contribution >= 4 is 23.2 Å². The molecule has 0 fully saturated rings. The van der Waals surface area contributed by atoms with Gasteiger partial charge in [0.1, 0.15) is 12.3 Å². The fourth-order valence-electron chi connectivity index (χ4n) is 2.78. The van der Waals surface area contributed by atoms with Gasteiger partial charge in [-0.25, -0.2) is 0 Å². The highest BCUT2D eigenvalue weighted by atomic mass is 35.5. The second kappa shape index (κ2) is 8.79. The third kappa shape index (κ3) is 4.94. The minimum Gasteiger partial charge on any atom is -0.495 e. The van der Waals surface area contributed by atoms with Gasteiger partial charge in [0.15, 0.2) is 0 Å². The molecule has 0 aliphatic rings. The monoisotopic (exact) mass is 413 g/mol. The molecule has 3 aromatic rings. The van der Waals surface area contributed by atoms with Crippen LogP contribution < -0.4 is 21.2 Å². The Morgan fingerprint density at radius 3 is 2.34 bits per heavy atom. The van der Waals surface area contributed by atoms with Crippen molar-refractivity contribution in [2.24, 2.45) is 0 Å². The Balaban J connectivity index is 1.72. The lowest BCUT2D eigenvalue weighted by atomic mass is 10.1. The highest BCUT2D eigenvalue weighted by Gasteiger charge is 2.11. The Kier molecular flexibility index (Phi) is 6.19. The molecule has 1 N–H and O–H groups in total. The molecule has 0 aliphatic carbocycles. The first-order valence-corrected chi connectivity index (χ1v) is 9.24. The molecular formula is C21H20ClN3O4. The maximum Gasteiger partial charge on any atom is 0.316 e. The van der Waals surface area contributed by atoms with Gasteiger partial charge in [-0.2, -0.15) is 0 Å². The summed E-state index contributed by atoms with van der Waals surface area (Å²) in [6.07, 6.45) is 2.93. The SMILES string of the molecule is COc1ccc(NC(=O)Cn2ccn(Cc3ccc(C)cc3)c(=O)c2=O)cc1Cl. The third-order valence-corrected chi connectivity index (χ3v) is 4.65. The number of anilines is 1. The molecule has 0 saturated heterocycles. The first-order chi connectivity index (χ1) is 13.9. The zero-order chi connectivity index (χ0) is 21.0. The second-order valence-corrected chi connectivity index (χ2v) is 6.95. The minimum absolute atomic E-state index is 0.283. The lowest BCUT2D eigenvalue weighted by Crippen LogP contribution is -2.42. The number of ether oxygens (including phenoxy) is 1. The van der Waals surface area contributed by atoms with Crippen LogP contribution >= 0.6 is 11.6 Å². The smallest absolute Gasteiger partial charge is 0.316 e. The lowest BCUT2D eigenvalue weighted by molar-refractivity contribution is -0.116. The van der Waals surface area contributed by atoms with Crippen molar-refractivity contribution in [3.05, 3.63) is 91.7 Å². The Morgan fingerprint density at radius 2 is 1.69 bits per heavy atom. The van der Waals surface area contributed by atoms with E-state index in [1.54, 1.807) is 18.2 Å². The molecule has 150 valence electrons. The molecule has 3 rings (SSSR count). The number of carbonyl (C=O) groups is 1. The summed E-state index contributed by atoms with van der Waals surface area (Å²) in [5.74, 6) is 0.0297. The van der Waals surface area contributed by atoms with Crippen molar-refractivity contribution in [3.8, 4) is 5.75 Å². The highest BCUT2D eigenvalue weighted by Crippen LogP contribution is 2.27. The summed E-state index contributed by atoms with van der Waals surface area (Å²) >= 11 is 6.04. The average Bonchev–Trinajstić information content (AvgIpc) is 2.69. The van der Waals surface area contributed by atoms with Crippen molar-refractivity contribution in [2.75, 3.05) is 12.4 Å². The van der Waals surface area contributed by atoms with Crippen LogP contribution in [0.4, 0.5) is 5.69 Å². The van der Waals surface area contributed by atoms with E-state index in [4.69, 9.17) is 16.3 Å². The fourth-order valence-corrected chi connectivity index (χ4v) is 3.04. The van der Waals surface area contributed by atoms with Gasteiger partial charge in [0.2, 0.25) is 5.91 Å². The summed E-state index contributed by atoms with van der Waals surface area (Å²) in [6, 6.07) is 12.5. The van der Waals surface area contributed by atoms with Crippen molar-refractivity contribution < 1.29 is 9.53 Å². The molecule has 0 bridgehead atoms. The van der Waals surface area contributed by atoms with Crippen molar-refractivity contribution in [1.82, 2.24) is 9.13 Å². The van der Waals surface area contributed by atoms with Crippen LogP contribution in [0.15, 0.2) is 64.4 Å². The summed E-state index contributed by atoms with van der Waals surface area (Å²) in [5, 5.41) is 2.99. The molecule has 0 saturated carbocycles. The van der Waals surface area contributed by atoms with E-state index in [0.29, 0.717) is 16.5 Å². The molecule has 29 heavy (non-hydrogen) atoms. The Morgan fingerprint density at radius 1 is 1.03 bits per heavy atom. The average molecular weight is 414 g/mol. The van der Waals surface area contributed by atoms with Crippen LogP contribution in [0.3, 0.4) is 0 Å². The summed E-state index contributed by atoms with van der Waals surface area (Å²) < 4.78 is 7.46. The van der Waals surface area contributed by atoms with Crippen molar-refractivity contribution in [3.63, 3.8) is 0 Å². The van der Waals surface area contributed by atoms with Crippen molar-refractivity contribution in [2.45, 2.75) is 20.0 Å². The molecule has 1 heterocycles. The van der Waals surface area contributed by atoms with Gasteiger partial charge in [0, 0.05) is 18.1 Å². The number of carbonyl (C=O) groups excluding carboxylic acids is 1. The van der Waals surface area contributed by atoms with Gasteiger partial charge in [-0.1, -0.05) is 41.4 Å². The number of methoxy groups -OCH3 is 1. The molecule has 7 nitrogen and oxygen atoms in total. The molecule has 0 aliphatic heterocycles. The van der Waals surface area contributed by atoms with Gasteiger partial charge in [0.05, 0.1) is 18.7 Å². The Hall–Kier alpha value is -3.32. The number of hydrogen-bond acceptors (Lipinski definition) is 4. The maximum atomic E-state index is 12.4. The number of aromatic nitrogens is 2. The predicted octanol–water partition coefficient (Wildman–Crippen LogP) is 2.67. The van der Waals surface area contributed by atoms with Crippen LogP contribution in [0.2, 0.25) is 5.02 Å². The summed E-state index contributed by atoms with van der Waals surface area (Å²) in [5.41, 5.74) is 1.03. The third-order valence-electron chi connectivity index (χ3n) is 4.35. The lowest BCUT2D eigenvalue weighted by Gasteiger charge is -2.11. The number of halogens is 1. The van der Waals surface area contributed by atoms with E-state index in [1.807, 2.05) is 31.2 Å². The van der Waals surface area contributed by atoms with Gasteiger partial charge >= 0.3 is 11.1 Å². The van der Waals surface area contributed by atoms with Crippen LogP contribution in [0.5, 0.6) is 5.75 Å². The quantitative estimate of drug-likeness (QED) is 0.630. The molecule has 0 atom stereocenters. The minimum atomic E-state index is -0.762. The van der Waals surface area contributed by atoms with Crippen LogP contribution in [0.25, 0.3) is 0 Å². The van der Waals surface area contributed by atoms with Gasteiger partial charge in [-0.3, -0.25) is 19.0 Å². The molecule has 0 unspecified atom stereocenters. The summed E-state index contributed by atoms with van der Waals surface area (Å²) in [4.78, 5) is 37.0. The van der Waals surface area contributed by atoms with Gasteiger partial charge in [-0.05, 0) is 30.7 Å². The van der Waals surface area contributed by atoms with Gasteiger partial charge in [0.25, 0.3) is 0 Å². The van der Waals surface area contributed by atoms with Crippen LogP contribution in [-0.2, 0) is 17.9 Å². The standard InChI is InChI=1S/C21H20ClN3O4/c1-14-3-5-15(6-4-14)12-24-9-10-25(21(28)20(24)27)13-19(26)23-16-7-8-18(29-2)17(22)11-16/h3-11H,12-13H2,1-2H3,(H,23,26). The summed E-state index contributed by atoms with van der Waals surface area (Å²) in [7, 11) is 1.49. The zero-order valence-electron chi connectivity index (χ0n) is 16.0. The van der Waals surface area contributed by atoms with Gasteiger partial charge in [-0.15, -0.1) is 0 Å². The van der Waals surface area contributed by atoms with Crippen LogP contribution in [0.1, 0.15) is 11.1 Å². The Labute approximate surface area is 172 Å². The van der Waals surface area contributed by atoms with E-state index in [-0.39, 0.29) is 13.1 Å². The van der Waals surface area contributed by atoms with E-state index >= 15 is 0 Å². The number of nitrogens with one attached hydrogen (secondary N) is 1. The number of benzene rings is 2. The Bertz CT molecular complexity index is 1150. The number of amides is 1. The molecule has 1 aromatic heterocycles. The highest BCUT2D eigenvalue weighted by molar-refractivity contribution is 6.32. The van der Waals surface area contributed by atoms with E-state index in [0.717, 1.165) is 15.7 Å². The zero-order valence-corrected chi connectivity index (χ0v) is 16.8. The van der Waals surface area contributed by atoms with Crippen LogP contribution in [-0.4, -0.2) is 22.2 Å². The fraction of sp³-hybridized carbons (Fsp3) is 0.190. The number of rotatable bonds is 6. The summed E-state index contributed by atoms with van der Waals surface area (Å²) in [6.45, 7) is 1.97. The van der Waals surface area contributed by atoms with Crippen LogP contribution in [0, 0.1) is 6.92 Å². The largest absolute Gasteiger partial charge is 0.495 e. The first kappa shape index (κ1) is 20.4. The first-order valence-electron chi connectivity index (χ1n) is 8.86. The van der Waals surface area contributed by atoms with E-state index in [9.17, 15) is 14.4 Å². The molecule has 8 heteroatoms. The topological polar surface area (TPSA) is 82.3 Å². The normalized spacial score (nSPS) is 10.6. The van der Waals surface area contributed by atoms with E-state index < -0.39 is 17.0 Å². The van der Waals surface area contributed by atoms with E-state index in [1.165, 1.54) is 24.1 Å². The number of aryl methyl sites for hydroxylation is 1. The predicted molar refractivity (Wildman–Crippen MR) is 112 cm³/mol. The second-order valence-electron chi connectivity index (χ2n) is 6.55. The number of hydrogen-bond donors (Lipinski definition) is 1. The van der Waals surface area contributed by atoms with E-state index in [2.05, 4.69) is 5.32 Å².